The zero-order chi connectivity index (χ0) is 16.7. The Balaban J connectivity index is 1.53. The summed E-state index contributed by atoms with van der Waals surface area (Å²) in [4.78, 5) is 29.4. The summed E-state index contributed by atoms with van der Waals surface area (Å²) in [5, 5.41) is 0.673. The Kier molecular flexibility index (Phi) is 3.57. The number of rotatable bonds is 4. The van der Waals surface area contributed by atoms with Crippen molar-refractivity contribution in [3.63, 3.8) is 0 Å². The van der Waals surface area contributed by atoms with Gasteiger partial charge in [0.2, 0.25) is 5.91 Å². The average molecular weight is 327 g/mol. The van der Waals surface area contributed by atoms with Crippen LogP contribution in [0.1, 0.15) is 40.0 Å². The number of H-pyrrole nitrogens is 1. The number of primary amides is 1. The summed E-state index contributed by atoms with van der Waals surface area (Å²) >= 11 is 0. The number of ether oxygens (including phenoxy) is 1. The minimum absolute atomic E-state index is 0.148. The summed E-state index contributed by atoms with van der Waals surface area (Å²) in [6.45, 7) is 3.79. The SMILES string of the molecule is NC(=O)c1ccc2[nH]cc(C(=O)OCC34CCN(CC3)CC4)c2c1. The van der Waals surface area contributed by atoms with Crippen LogP contribution < -0.4 is 5.73 Å². The zero-order valence-electron chi connectivity index (χ0n) is 13.5. The third kappa shape index (κ3) is 2.57. The maximum Gasteiger partial charge on any atom is 0.340 e. The number of hydrogen-bond acceptors (Lipinski definition) is 4. The topological polar surface area (TPSA) is 88.4 Å². The second kappa shape index (κ2) is 5.63. The molecule has 0 unspecified atom stereocenters. The highest BCUT2D eigenvalue weighted by atomic mass is 16.5. The molecule has 0 atom stereocenters. The molecule has 1 amide bonds. The fraction of sp³-hybridized carbons (Fsp3) is 0.444. The van der Waals surface area contributed by atoms with Gasteiger partial charge in [-0.05, 0) is 57.1 Å². The number of amides is 1. The van der Waals surface area contributed by atoms with E-state index in [1.807, 2.05) is 0 Å². The van der Waals surface area contributed by atoms with Gasteiger partial charge in [-0.25, -0.2) is 4.79 Å². The summed E-state index contributed by atoms with van der Waals surface area (Å²) < 4.78 is 5.66. The summed E-state index contributed by atoms with van der Waals surface area (Å²) in [6, 6.07) is 5.04. The number of carbonyl (C=O) groups is 2. The van der Waals surface area contributed by atoms with Gasteiger partial charge >= 0.3 is 5.97 Å². The number of aromatic amines is 1. The fourth-order valence-corrected chi connectivity index (χ4v) is 3.85. The molecule has 3 saturated heterocycles. The Morgan fingerprint density at radius 2 is 1.92 bits per heavy atom. The van der Waals surface area contributed by atoms with Crippen molar-refractivity contribution in [2.45, 2.75) is 19.3 Å². The minimum atomic E-state index is -0.509. The molecule has 4 heterocycles. The average Bonchev–Trinajstić information content (AvgIpc) is 3.04. The highest BCUT2D eigenvalue weighted by Gasteiger charge is 2.40. The van der Waals surface area contributed by atoms with E-state index in [4.69, 9.17) is 10.5 Å². The lowest BCUT2D eigenvalue weighted by Crippen LogP contribution is -2.50. The highest BCUT2D eigenvalue weighted by Crippen LogP contribution is 2.40. The molecule has 0 saturated carbocycles. The van der Waals surface area contributed by atoms with Crippen LogP contribution in [-0.4, -0.2) is 48.0 Å². The molecule has 24 heavy (non-hydrogen) atoms. The van der Waals surface area contributed by atoms with Crippen LogP contribution in [0.2, 0.25) is 0 Å². The van der Waals surface area contributed by atoms with Gasteiger partial charge in [-0.3, -0.25) is 4.79 Å². The van der Waals surface area contributed by atoms with Crippen molar-refractivity contribution in [2.75, 3.05) is 26.2 Å². The lowest BCUT2D eigenvalue weighted by molar-refractivity contribution is -0.0304. The molecule has 5 rings (SSSR count). The van der Waals surface area contributed by atoms with Crippen LogP contribution >= 0.6 is 0 Å². The first-order valence-corrected chi connectivity index (χ1v) is 8.37. The van der Waals surface area contributed by atoms with Crippen LogP contribution in [0.5, 0.6) is 0 Å². The monoisotopic (exact) mass is 327 g/mol. The van der Waals surface area contributed by atoms with Gasteiger partial charge in [-0.1, -0.05) is 0 Å². The number of carbonyl (C=O) groups excluding carboxylic acids is 2. The molecule has 3 fully saturated rings. The summed E-state index contributed by atoms with van der Waals surface area (Å²) in [5.41, 5.74) is 7.10. The van der Waals surface area contributed by atoms with E-state index in [-0.39, 0.29) is 11.4 Å². The number of aromatic nitrogens is 1. The van der Waals surface area contributed by atoms with Crippen LogP contribution in [-0.2, 0) is 4.74 Å². The zero-order valence-corrected chi connectivity index (χ0v) is 13.5. The number of hydrogen-bond donors (Lipinski definition) is 2. The van der Waals surface area contributed by atoms with Crippen LogP contribution in [0.4, 0.5) is 0 Å². The van der Waals surface area contributed by atoms with Crippen molar-refractivity contribution in [1.82, 2.24) is 9.88 Å². The first-order valence-electron chi connectivity index (χ1n) is 8.37. The molecule has 1 aromatic carbocycles. The van der Waals surface area contributed by atoms with Crippen molar-refractivity contribution in [2.24, 2.45) is 11.1 Å². The van der Waals surface area contributed by atoms with Crippen LogP contribution in [0.25, 0.3) is 10.9 Å². The molecule has 1 aromatic heterocycles. The number of fused-ring (bicyclic) bond motifs is 4. The number of nitrogens with one attached hydrogen (secondary N) is 1. The molecular weight excluding hydrogens is 306 g/mol. The van der Waals surface area contributed by atoms with Gasteiger partial charge in [0, 0.05) is 28.1 Å². The fourth-order valence-electron chi connectivity index (χ4n) is 3.85. The first-order chi connectivity index (χ1) is 11.6. The summed E-state index contributed by atoms with van der Waals surface area (Å²) in [7, 11) is 0. The minimum Gasteiger partial charge on any atom is -0.461 e. The number of piperidine rings is 3. The molecule has 0 spiro atoms. The Hall–Kier alpha value is -2.34. The smallest absolute Gasteiger partial charge is 0.340 e. The first kappa shape index (κ1) is 15.2. The van der Waals surface area contributed by atoms with Crippen molar-refractivity contribution in [3.05, 3.63) is 35.5 Å². The van der Waals surface area contributed by atoms with Gasteiger partial charge in [0.05, 0.1) is 12.2 Å². The summed E-state index contributed by atoms with van der Waals surface area (Å²) in [6.07, 6.45) is 4.93. The van der Waals surface area contributed by atoms with E-state index in [0.29, 0.717) is 23.1 Å². The Labute approximate surface area is 139 Å². The lowest BCUT2D eigenvalue weighted by Gasteiger charge is -2.47. The molecular formula is C18H21N3O3. The lowest BCUT2D eigenvalue weighted by atomic mass is 9.73. The second-order valence-electron chi connectivity index (χ2n) is 6.99. The van der Waals surface area contributed by atoms with Crippen molar-refractivity contribution >= 4 is 22.8 Å². The number of nitrogens with zero attached hydrogens (tertiary/aromatic N) is 1. The molecule has 3 N–H and O–H groups in total. The summed E-state index contributed by atoms with van der Waals surface area (Å²) in [5.74, 6) is -0.851. The van der Waals surface area contributed by atoms with Crippen molar-refractivity contribution in [1.29, 1.82) is 0 Å². The van der Waals surface area contributed by atoms with E-state index in [1.165, 1.54) is 0 Å². The molecule has 6 heteroatoms. The molecule has 2 bridgehead atoms. The van der Waals surface area contributed by atoms with Gasteiger partial charge in [0.25, 0.3) is 0 Å². The predicted octanol–water partition coefficient (Wildman–Crippen LogP) is 1.91. The quantitative estimate of drug-likeness (QED) is 0.840. The Bertz CT molecular complexity index is 789. The van der Waals surface area contributed by atoms with E-state index >= 15 is 0 Å². The molecule has 0 radical (unpaired) electrons. The normalized spacial score (nSPS) is 25.8. The maximum atomic E-state index is 12.5. The van der Waals surface area contributed by atoms with E-state index in [2.05, 4.69) is 9.88 Å². The van der Waals surface area contributed by atoms with Gasteiger partial charge in [0.1, 0.15) is 0 Å². The molecule has 3 aliphatic heterocycles. The molecule has 2 aromatic rings. The molecule has 6 nitrogen and oxygen atoms in total. The second-order valence-corrected chi connectivity index (χ2v) is 6.99. The van der Waals surface area contributed by atoms with E-state index in [0.717, 1.165) is 44.4 Å². The molecule has 0 aliphatic carbocycles. The van der Waals surface area contributed by atoms with Crippen LogP contribution in [0, 0.1) is 5.41 Å². The Morgan fingerprint density at radius 3 is 2.58 bits per heavy atom. The molecule has 3 aliphatic rings. The largest absolute Gasteiger partial charge is 0.461 e. The third-order valence-electron chi connectivity index (χ3n) is 5.57. The third-order valence-corrected chi connectivity index (χ3v) is 5.57. The maximum absolute atomic E-state index is 12.5. The van der Waals surface area contributed by atoms with Crippen LogP contribution in [0.3, 0.4) is 0 Å². The van der Waals surface area contributed by atoms with E-state index in [9.17, 15) is 9.59 Å². The standard InChI is InChI=1S/C18H21N3O3/c19-16(22)12-1-2-15-13(9-12)14(10-20-15)17(23)24-11-18-3-6-21(7-4-18)8-5-18/h1-2,9-10,20H,3-8,11H2,(H2,19,22). The highest BCUT2D eigenvalue weighted by molar-refractivity contribution is 6.06. The van der Waals surface area contributed by atoms with Gasteiger partial charge in [0.15, 0.2) is 0 Å². The predicted molar refractivity (Wildman–Crippen MR) is 89.8 cm³/mol. The Morgan fingerprint density at radius 1 is 1.21 bits per heavy atom. The van der Waals surface area contributed by atoms with Crippen molar-refractivity contribution < 1.29 is 14.3 Å². The van der Waals surface area contributed by atoms with Gasteiger partial charge in [-0.2, -0.15) is 0 Å². The number of nitrogens with two attached hydrogens (primary N) is 1. The van der Waals surface area contributed by atoms with Gasteiger partial charge < -0.3 is 20.4 Å². The van der Waals surface area contributed by atoms with Gasteiger partial charge in [-0.15, -0.1) is 0 Å². The van der Waals surface area contributed by atoms with E-state index in [1.54, 1.807) is 24.4 Å². The molecule has 126 valence electrons. The van der Waals surface area contributed by atoms with E-state index < -0.39 is 5.91 Å². The van der Waals surface area contributed by atoms with Crippen LogP contribution in [0.15, 0.2) is 24.4 Å². The number of benzene rings is 1. The number of esters is 1. The van der Waals surface area contributed by atoms with Crippen molar-refractivity contribution in [3.8, 4) is 0 Å².